The number of hydrogen-bond donors (Lipinski definition) is 4. The van der Waals surface area contributed by atoms with Crippen LogP contribution < -0.4 is 20.7 Å². The fraction of sp³-hybridized carbons (Fsp3) is 0.750. The van der Waals surface area contributed by atoms with Crippen molar-refractivity contribution in [1.82, 2.24) is 20.9 Å². The molecule has 296 valence electrons. The largest absolute Gasteiger partial charge is 0.493 e. The Bertz CT molecular complexity index is 1240. The number of Topliss-reactive ketones (excluding diaryl/α,β-unsaturated/α-hetero) is 1. The van der Waals surface area contributed by atoms with Crippen LogP contribution >= 0.6 is 0 Å². The Kier molecular flexibility index (Phi) is 19.7. The van der Waals surface area contributed by atoms with Crippen LogP contribution in [0.3, 0.4) is 0 Å². The molecule has 2 rings (SSSR count). The Hall–Kier alpha value is -3.22. The van der Waals surface area contributed by atoms with E-state index in [0.29, 0.717) is 50.6 Å². The average Bonchev–Trinajstić information content (AvgIpc) is 3.07. The Morgan fingerprint density at radius 3 is 2.19 bits per heavy atom. The van der Waals surface area contributed by atoms with Crippen molar-refractivity contribution in [2.45, 2.75) is 112 Å². The maximum Gasteiger partial charge on any atom is 0.407 e. The third-order valence-electron chi connectivity index (χ3n) is 9.85. The smallest absolute Gasteiger partial charge is 0.407 e. The minimum absolute atomic E-state index is 0.0643. The minimum atomic E-state index is -1.06. The van der Waals surface area contributed by atoms with Gasteiger partial charge in [-0.25, -0.2) is 4.79 Å². The maximum atomic E-state index is 13.5. The first-order valence-electron chi connectivity index (χ1n) is 19.2. The molecule has 1 saturated heterocycles. The van der Waals surface area contributed by atoms with Gasteiger partial charge in [0, 0.05) is 45.2 Å². The molecule has 4 N–H and O–H groups in total. The normalized spacial score (nSPS) is 16.5. The van der Waals surface area contributed by atoms with Crippen LogP contribution in [0.4, 0.5) is 4.79 Å². The lowest BCUT2D eigenvalue weighted by molar-refractivity contribution is -0.127. The monoisotopic (exact) mass is 733 g/mol. The number of hydrogen-bond acceptors (Lipinski definition) is 9. The second kappa shape index (κ2) is 22.8. The zero-order valence-corrected chi connectivity index (χ0v) is 33.3. The zero-order valence-electron chi connectivity index (χ0n) is 33.3. The van der Waals surface area contributed by atoms with E-state index in [1.807, 2.05) is 33.8 Å². The molecule has 12 heteroatoms. The second-order valence-electron chi connectivity index (χ2n) is 15.9. The second-order valence-corrected chi connectivity index (χ2v) is 15.9. The number of carbonyl (C=O) groups excluding carboxylic acids is 4. The fourth-order valence-electron chi connectivity index (χ4n) is 6.46. The fourth-order valence-corrected chi connectivity index (χ4v) is 6.46. The van der Waals surface area contributed by atoms with Gasteiger partial charge in [-0.1, -0.05) is 39.8 Å². The highest BCUT2D eigenvalue weighted by atomic mass is 16.6. The number of likely N-dealkylation sites (tertiary alicyclic amines) is 1. The summed E-state index contributed by atoms with van der Waals surface area (Å²) in [5.74, 6) is -0.127. The molecule has 3 amide bonds. The summed E-state index contributed by atoms with van der Waals surface area (Å²) in [7, 11) is 1.66. The summed E-state index contributed by atoms with van der Waals surface area (Å²) >= 11 is 0. The van der Waals surface area contributed by atoms with Crippen molar-refractivity contribution in [2.75, 3.05) is 53.0 Å². The number of nitrogens with one attached hydrogen (secondary N) is 3. The Balaban J connectivity index is 2.11. The molecule has 0 aromatic heterocycles. The van der Waals surface area contributed by atoms with Crippen LogP contribution in [-0.4, -0.2) is 104 Å². The predicted molar refractivity (Wildman–Crippen MR) is 203 cm³/mol. The number of alkyl carbamates (subject to hydrolysis) is 1. The first kappa shape index (κ1) is 44.9. The summed E-state index contributed by atoms with van der Waals surface area (Å²) in [6, 6.07) is 6.40. The van der Waals surface area contributed by atoms with Gasteiger partial charge >= 0.3 is 6.09 Å². The van der Waals surface area contributed by atoms with Gasteiger partial charge < -0.3 is 40.2 Å². The molecule has 0 unspecified atom stereocenters. The van der Waals surface area contributed by atoms with E-state index >= 15 is 0 Å². The topological polar surface area (TPSA) is 156 Å². The molecule has 0 aliphatic carbocycles. The van der Waals surface area contributed by atoms with E-state index in [9.17, 15) is 24.3 Å². The molecule has 1 aromatic carbocycles. The van der Waals surface area contributed by atoms with Crippen molar-refractivity contribution in [3.8, 4) is 5.75 Å². The van der Waals surface area contributed by atoms with Crippen molar-refractivity contribution in [1.29, 1.82) is 0 Å². The molecular formula is C40H68N4O8. The lowest BCUT2D eigenvalue weighted by atomic mass is 9.82. The molecule has 0 saturated carbocycles. The van der Waals surface area contributed by atoms with Crippen molar-refractivity contribution in [3.05, 3.63) is 29.8 Å². The van der Waals surface area contributed by atoms with E-state index < -0.39 is 29.8 Å². The standard InChI is InChI=1S/C40H68N4O8/c1-27(2)31(26-42-37(47)32-14-10-11-15-36(32)51-23-13-12-22-50-9)24-34(43-39(49)52-40(6,7)8)35(46)25-33(28(3)4)38(48)41-18-21-44-19-16-30(17-20-44)29(5)45/h10-11,14-15,27-28,30-31,33-35,46H,12-13,16-26H2,1-9H3,(H,41,48)(H,42,47)(H,43,49)/t31-,33+,34+,35+/m1/s1. The SMILES string of the molecule is COCCCCOc1ccccc1C(=O)NC[C@@H](C[C@H](NC(=O)OC(C)(C)C)[C@@H](O)C[C@H](C(=O)NCCN1CCC(C(C)=O)CC1)C(C)C)C(C)C. The van der Waals surface area contributed by atoms with Gasteiger partial charge in [-0.05, 0) is 109 Å². The summed E-state index contributed by atoms with van der Waals surface area (Å²) in [5, 5.41) is 20.7. The molecule has 1 aliphatic rings. The first-order valence-corrected chi connectivity index (χ1v) is 19.2. The van der Waals surface area contributed by atoms with Crippen LogP contribution in [0.5, 0.6) is 5.75 Å². The summed E-state index contributed by atoms with van der Waals surface area (Å²) in [6.45, 7) is 19.2. The van der Waals surface area contributed by atoms with E-state index in [2.05, 4.69) is 20.9 Å². The van der Waals surface area contributed by atoms with Crippen molar-refractivity contribution >= 4 is 23.7 Å². The number of para-hydroxylation sites is 1. The van der Waals surface area contributed by atoms with Gasteiger partial charge in [-0.15, -0.1) is 0 Å². The van der Waals surface area contributed by atoms with Crippen molar-refractivity contribution in [2.24, 2.45) is 29.6 Å². The van der Waals surface area contributed by atoms with Gasteiger partial charge in [0.25, 0.3) is 5.91 Å². The molecule has 0 radical (unpaired) electrons. The quantitative estimate of drug-likeness (QED) is 0.118. The van der Waals surface area contributed by atoms with Crippen LogP contribution in [0, 0.1) is 29.6 Å². The molecule has 4 atom stereocenters. The molecule has 1 aliphatic heterocycles. The number of ether oxygens (including phenoxy) is 3. The predicted octanol–water partition coefficient (Wildman–Crippen LogP) is 5.22. The first-order chi connectivity index (χ1) is 24.5. The molecule has 1 aromatic rings. The Labute approximate surface area is 312 Å². The third kappa shape index (κ3) is 16.6. The molecule has 52 heavy (non-hydrogen) atoms. The molecule has 1 fully saturated rings. The van der Waals surface area contributed by atoms with Crippen molar-refractivity contribution < 1.29 is 38.5 Å². The lowest BCUT2D eigenvalue weighted by Crippen LogP contribution is -2.49. The van der Waals surface area contributed by atoms with E-state index in [1.165, 1.54) is 0 Å². The molecule has 12 nitrogen and oxygen atoms in total. The number of benzene rings is 1. The number of methoxy groups -OCH3 is 1. The summed E-state index contributed by atoms with van der Waals surface area (Å²) in [4.78, 5) is 53.9. The van der Waals surface area contributed by atoms with Crippen LogP contribution in [0.1, 0.15) is 104 Å². The van der Waals surface area contributed by atoms with E-state index in [0.717, 1.165) is 38.8 Å². The lowest BCUT2D eigenvalue weighted by Gasteiger charge is -2.33. The third-order valence-corrected chi connectivity index (χ3v) is 9.85. The number of aliphatic hydroxyl groups is 1. The van der Waals surface area contributed by atoms with Gasteiger partial charge in [0.1, 0.15) is 17.1 Å². The van der Waals surface area contributed by atoms with Crippen molar-refractivity contribution in [3.63, 3.8) is 0 Å². The number of amides is 3. The number of aliphatic hydroxyl groups excluding tert-OH is 1. The molecule has 0 bridgehead atoms. The van der Waals surface area contributed by atoms with Crippen LogP contribution in [0.15, 0.2) is 24.3 Å². The van der Waals surface area contributed by atoms with Gasteiger partial charge in [-0.2, -0.15) is 0 Å². The highest BCUT2D eigenvalue weighted by Gasteiger charge is 2.33. The zero-order chi connectivity index (χ0) is 38.8. The molecule has 0 spiro atoms. The number of piperidine rings is 1. The van der Waals surface area contributed by atoms with Crippen LogP contribution in [0.2, 0.25) is 0 Å². The van der Waals surface area contributed by atoms with E-state index in [4.69, 9.17) is 14.2 Å². The van der Waals surface area contributed by atoms with E-state index in [-0.39, 0.29) is 47.7 Å². The minimum Gasteiger partial charge on any atom is -0.493 e. The van der Waals surface area contributed by atoms with Gasteiger partial charge in [0.15, 0.2) is 0 Å². The molecular weight excluding hydrogens is 664 g/mol. The number of carbonyl (C=O) groups is 4. The van der Waals surface area contributed by atoms with Gasteiger partial charge in [-0.3, -0.25) is 14.4 Å². The van der Waals surface area contributed by atoms with Gasteiger partial charge in [0.05, 0.1) is 24.3 Å². The number of nitrogens with zero attached hydrogens (tertiary/aromatic N) is 1. The number of ketones is 1. The van der Waals surface area contributed by atoms with Gasteiger partial charge in [0.2, 0.25) is 5.91 Å². The number of rotatable bonds is 22. The highest BCUT2D eigenvalue weighted by molar-refractivity contribution is 5.96. The van der Waals surface area contributed by atoms with E-state index in [1.54, 1.807) is 53.0 Å². The Morgan fingerprint density at radius 1 is 0.942 bits per heavy atom. The van der Waals surface area contributed by atoms with Crippen LogP contribution in [-0.2, 0) is 19.1 Å². The molecule has 1 heterocycles. The Morgan fingerprint density at radius 2 is 1.60 bits per heavy atom. The highest BCUT2D eigenvalue weighted by Crippen LogP contribution is 2.26. The average molecular weight is 733 g/mol. The van der Waals surface area contributed by atoms with Crippen LogP contribution in [0.25, 0.3) is 0 Å². The summed E-state index contributed by atoms with van der Waals surface area (Å²) in [6.07, 6.45) is 2.12. The summed E-state index contributed by atoms with van der Waals surface area (Å²) < 4.78 is 16.6. The summed E-state index contributed by atoms with van der Waals surface area (Å²) in [5.41, 5.74) is -0.307. The maximum absolute atomic E-state index is 13.5. The number of unbranched alkanes of at least 4 members (excludes halogenated alkanes) is 1.